The van der Waals surface area contributed by atoms with E-state index in [1.165, 1.54) is 0 Å². The maximum Gasteiger partial charge on any atom is 0.260 e. The Morgan fingerprint density at radius 2 is 1.88 bits per heavy atom. The molecule has 0 fully saturated rings. The Labute approximate surface area is 157 Å². The minimum atomic E-state index is -0.221. The van der Waals surface area contributed by atoms with Gasteiger partial charge in [0.15, 0.2) is 0 Å². The third-order valence-electron chi connectivity index (χ3n) is 4.11. The van der Waals surface area contributed by atoms with Gasteiger partial charge in [0.2, 0.25) is 0 Å². The number of hydrogen-bond donors (Lipinski definition) is 1. The van der Waals surface area contributed by atoms with Crippen LogP contribution in [0.3, 0.4) is 0 Å². The minimum Gasteiger partial charge on any atom is -0.490 e. The molecule has 1 N–H and O–H groups in total. The molecule has 5 nitrogen and oxygen atoms in total. The van der Waals surface area contributed by atoms with Crippen molar-refractivity contribution in [2.24, 2.45) is 0 Å². The molecule has 1 aromatic carbocycles. The fourth-order valence-corrected chi connectivity index (χ4v) is 3.16. The van der Waals surface area contributed by atoms with Crippen molar-refractivity contribution < 1.29 is 13.9 Å². The summed E-state index contributed by atoms with van der Waals surface area (Å²) in [7, 11) is 0. The van der Waals surface area contributed by atoms with Gasteiger partial charge < -0.3 is 19.4 Å². The van der Waals surface area contributed by atoms with E-state index in [4.69, 9.17) is 9.15 Å². The van der Waals surface area contributed by atoms with E-state index in [2.05, 4.69) is 40.0 Å². The fraction of sp³-hybridized carbons (Fsp3) is 0.421. The summed E-state index contributed by atoms with van der Waals surface area (Å²) in [5.74, 6) is 1.71. The number of nitrogens with zero attached hydrogens (tertiary/aromatic N) is 1. The van der Waals surface area contributed by atoms with Gasteiger partial charge >= 0.3 is 0 Å². The summed E-state index contributed by atoms with van der Waals surface area (Å²) < 4.78 is 12.1. The highest BCUT2D eigenvalue weighted by Gasteiger charge is 2.20. The summed E-state index contributed by atoms with van der Waals surface area (Å²) in [6.45, 7) is 11.3. The normalized spacial score (nSPS) is 11.0. The maximum atomic E-state index is 12.6. The number of para-hydroxylation sites is 2. The first kappa shape index (κ1) is 19.5. The number of likely N-dealkylation sites (N-methyl/N-ethyl adjacent to an activating group) is 1. The van der Waals surface area contributed by atoms with E-state index in [9.17, 15) is 4.79 Å². The topological polar surface area (TPSA) is 54.7 Å². The van der Waals surface area contributed by atoms with Crippen LogP contribution in [0.4, 0.5) is 5.69 Å². The number of carbonyl (C=O) groups is 1. The van der Waals surface area contributed by atoms with Gasteiger partial charge in [-0.2, -0.15) is 0 Å². The van der Waals surface area contributed by atoms with Crippen LogP contribution in [0, 0.1) is 13.8 Å². The summed E-state index contributed by atoms with van der Waals surface area (Å²) in [6, 6.07) is 7.46. The Morgan fingerprint density at radius 1 is 1.20 bits per heavy atom. The number of rotatable bonds is 8. The van der Waals surface area contributed by atoms with E-state index < -0.39 is 0 Å². The Bertz CT molecular complexity index is 723. The van der Waals surface area contributed by atoms with Crippen molar-refractivity contribution in [3.63, 3.8) is 0 Å². The second-order valence-electron chi connectivity index (χ2n) is 5.73. The highest BCUT2D eigenvalue weighted by Crippen LogP contribution is 2.30. The molecule has 0 radical (unpaired) electrons. The van der Waals surface area contributed by atoms with Crippen LogP contribution in [-0.4, -0.2) is 37.0 Å². The van der Waals surface area contributed by atoms with Gasteiger partial charge in [-0.25, -0.2) is 0 Å². The average molecular weight is 409 g/mol. The standard InChI is InChI=1S/C19H25BrN2O3/c1-5-22(6-2)11-12-24-16-10-8-7-9-15(16)21-19(23)17-13(3)25-14(4)18(17)20/h7-10H,5-6,11-12H2,1-4H3,(H,21,23). The third kappa shape index (κ3) is 4.86. The monoisotopic (exact) mass is 408 g/mol. The largest absolute Gasteiger partial charge is 0.490 e. The Balaban J connectivity index is 2.08. The fourth-order valence-electron chi connectivity index (χ4n) is 2.62. The number of hydrogen-bond acceptors (Lipinski definition) is 4. The van der Waals surface area contributed by atoms with Crippen LogP contribution in [0.5, 0.6) is 5.75 Å². The van der Waals surface area contributed by atoms with Gasteiger partial charge in [0.25, 0.3) is 5.91 Å². The molecule has 0 saturated heterocycles. The zero-order chi connectivity index (χ0) is 18.4. The summed E-state index contributed by atoms with van der Waals surface area (Å²) in [5.41, 5.74) is 1.16. The van der Waals surface area contributed by atoms with E-state index in [0.717, 1.165) is 19.6 Å². The lowest BCUT2D eigenvalue weighted by Crippen LogP contribution is -2.28. The van der Waals surface area contributed by atoms with Gasteiger partial charge in [-0.1, -0.05) is 26.0 Å². The highest BCUT2D eigenvalue weighted by atomic mass is 79.9. The van der Waals surface area contributed by atoms with E-state index in [1.54, 1.807) is 6.92 Å². The average Bonchev–Trinajstić information content (AvgIpc) is 2.85. The van der Waals surface area contributed by atoms with Crippen molar-refractivity contribution in [3.8, 4) is 5.75 Å². The first-order chi connectivity index (χ1) is 12.0. The number of amides is 1. The number of benzene rings is 1. The molecule has 1 aromatic heterocycles. The van der Waals surface area contributed by atoms with Crippen molar-refractivity contribution >= 4 is 27.5 Å². The molecule has 136 valence electrons. The molecule has 0 atom stereocenters. The molecule has 0 saturated carbocycles. The Morgan fingerprint density at radius 3 is 2.48 bits per heavy atom. The smallest absolute Gasteiger partial charge is 0.260 e. The second-order valence-corrected chi connectivity index (χ2v) is 6.52. The van der Waals surface area contributed by atoms with Crippen molar-refractivity contribution in [1.29, 1.82) is 0 Å². The van der Waals surface area contributed by atoms with Crippen LogP contribution in [0.15, 0.2) is 33.2 Å². The van der Waals surface area contributed by atoms with Crippen LogP contribution in [0.1, 0.15) is 35.7 Å². The second kappa shape index (κ2) is 9.06. The molecule has 2 aromatic rings. The van der Waals surface area contributed by atoms with Gasteiger partial charge in [-0.05, 0) is 55.0 Å². The van der Waals surface area contributed by atoms with E-state index in [1.807, 2.05) is 31.2 Å². The molecule has 0 unspecified atom stereocenters. The lowest BCUT2D eigenvalue weighted by Gasteiger charge is -2.19. The minimum absolute atomic E-state index is 0.221. The molecule has 1 heterocycles. The number of anilines is 1. The Kier molecular flexibility index (Phi) is 7.08. The molecule has 0 aliphatic heterocycles. The number of halogens is 1. The number of carbonyl (C=O) groups excluding carboxylic acids is 1. The first-order valence-electron chi connectivity index (χ1n) is 8.48. The van der Waals surface area contributed by atoms with E-state index >= 15 is 0 Å². The zero-order valence-corrected chi connectivity index (χ0v) is 16.8. The molecule has 0 spiro atoms. The molecule has 6 heteroatoms. The molecule has 0 bridgehead atoms. The predicted octanol–water partition coefficient (Wildman–Crippen LogP) is 4.63. The van der Waals surface area contributed by atoms with Crippen molar-refractivity contribution in [2.45, 2.75) is 27.7 Å². The van der Waals surface area contributed by atoms with E-state index in [0.29, 0.717) is 39.6 Å². The molecule has 0 aliphatic rings. The van der Waals surface area contributed by atoms with Crippen molar-refractivity contribution in [2.75, 3.05) is 31.6 Å². The van der Waals surface area contributed by atoms with Crippen LogP contribution >= 0.6 is 15.9 Å². The summed E-state index contributed by atoms with van der Waals surface area (Å²) >= 11 is 3.42. The van der Waals surface area contributed by atoms with Gasteiger partial charge in [0.1, 0.15) is 23.9 Å². The SMILES string of the molecule is CCN(CC)CCOc1ccccc1NC(=O)c1c(C)oc(C)c1Br. The quantitative estimate of drug-likeness (QED) is 0.691. The predicted molar refractivity (Wildman–Crippen MR) is 104 cm³/mol. The van der Waals surface area contributed by atoms with Crippen LogP contribution in [0.2, 0.25) is 0 Å². The number of aryl methyl sites for hydroxylation is 2. The number of furan rings is 1. The molecule has 2 rings (SSSR count). The van der Waals surface area contributed by atoms with Crippen molar-refractivity contribution in [3.05, 3.63) is 45.8 Å². The van der Waals surface area contributed by atoms with Gasteiger partial charge in [-0.3, -0.25) is 4.79 Å². The lowest BCUT2D eigenvalue weighted by atomic mass is 10.2. The van der Waals surface area contributed by atoms with Crippen LogP contribution in [-0.2, 0) is 0 Å². The summed E-state index contributed by atoms with van der Waals surface area (Å²) in [5, 5.41) is 2.92. The molecule has 0 aliphatic carbocycles. The zero-order valence-electron chi connectivity index (χ0n) is 15.2. The molecule has 1 amide bonds. The van der Waals surface area contributed by atoms with Gasteiger partial charge in [0.05, 0.1) is 15.7 Å². The lowest BCUT2D eigenvalue weighted by molar-refractivity contribution is 0.102. The molecular formula is C19H25BrN2O3. The maximum absolute atomic E-state index is 12.6. The number of nitrogens with one attached hydrogen (secondary N) is 1. The summed E-state index contributed by atoms with van der Waals surface area (Å²) in [4.78, 5) is 14.9. The van der Waals surface area contributed by atoms with Crippen molar-refractivity contribution in [1.82, 2.24) is 4.90 Å². The molecular weight excluding hydrogens is 384 g/mol. The third-order valence-corrected chi connectivity index (χ3v) is 5.06. The first-order valence-corrected chi connectivity index (χ1v) is 9.28. The summed E-state index contributed by atoms with van der Waals surface area (Å²) in [6.07, 6.45) is 0. The Hall–Kier alpha value is -1.79. The van der Waals surface area contributed by atoms with Crippen LogP contribution < -0.4 is 10.1 Å². The van der Waals surface area contributed by atoms with Gasteiger partial charge in [-0.15, -0.1) is 0 Å². The highest BCUT2D eigenvalue weighted by molar-refractivity contribution is 9.10. The molecule has 25 heavy (non-hydrogen) atoms. The van der Waals surface area contributed by atoms with Gasteiger partial charge in [0, 0.05) is 6.54 Å². The van der Waals surface area contributed by atoms with Crippen LogP contribution in [0.25, 0.3) is 0 Å². The van der Waals surface area contributed by atoms with E-state index in [-0.39, 0.29) is 5.91 Å². The number of ether oxygens (including phenoxy) is 1.